The van der Waals surface area contributed by atoms with Crippen molar-refractivity contribution in [3.05, 3.63) is 11.8 Å². The monoisotopic (exact) mass is 156 g/mol. The van der Waals surface area contributed by atoms with Crippen molar-refractivity contribution in [3.63, 3.8) is 0 Å². The van der Waals surface area contributed by atoms with Gasteiger partial charge in [-0.05, 0) is 6.42 Å². The van der Waals surface area contributed by atoms with E-state index in [9.17, 15) is 0 Å². The van der Waals surface area contributed by atoms with Crippen LogP contribution in [0.5, 0.6) is 0 Å². The number of epoxide rings is 1. The summed E-state index contributed by atoms with van der Waals surface area (Å²) in [5.74, 6) is 0. The van der Waals surface area contributed by atoms with Gasteiger partial charge in [0, 0.05) is 0 Å². The molecule has 1 aliphatic rings. The lowest BCUT2D eigenvalue weighted by molar-refractivity contribution is 0.409. The highest BCUT2D eigenvalue weighted by Gasteiger charge is 2.27. The van der Waals surface area contributed by atoms with Crippen molar-refractivity contribution >= 4 is 8.07 Å². The minimum absolute atomic E-state index is 0.527. The van der Waals surface area contributed by atoms with Gasteiger partial charge in [-0.15, -0.1) is 6.58 Å². The molecule has 0 bridgehead atoms. The van der Waals surface area contributed by atoms with Gasteiger partial charge in [-0.25, -0.2) is 0 Å². The second kappa shape index (κ2) is 2.51. The highest BCUT2D eigenvalue weighted by atomic mass is 28.3. The summed E-state index contributed by atoms with van der Waals surface area (Å²) in [6, 6.07) is 0. The molecular weight excluding hydrogens is 140 g/mol. The van der Waals surface area contributed by atoms with E-state index in [1.165, 1.54) is 5.20 Å². The Bertz CT molecular complexity index is 142. The first-order valence-electron chi connectivity index (χ1n) is 3.80. The van der Waals surface area contributed by atoms with E-state index in [4.69, 9.17) is 4.74 Å². The van der Waals surface area contributed by atoms with Crippen molar-refractivity contribution in [2.75, 3.05) is 6.61 Å². The van der Waals surface area contributed by atoms with Gasteiger partial charge in [0.05, 0.1) is 20.8 Å². The SMILES string of the molecule is C=C(C[C@H]1CO1)[Si](C)(C)C. The van der Waals surface area contributed by atoms with Gasteiger partial charge in [0.15, 0.2) is 0 Å². The molecule has 1 nitrogen and oxygen atoms in total. The van der Waals surface area contributed by atoms with Crippen LogP contribution in [0, 0.1) is 0 Å². The van der Waals surface area contributed by atoms with Gasteiger partial charge in [0.25, 0.3) is 0 Å². The summed E-state index contributed by atoms with van der Waals surface area (Å²) < 4.78 is 5.14. The van der Waals surface area contributed by atoms with Crippen LogP contribution in [-0.2, 0) is 4.74 Å². The maximum Gasteiger partial charge on any atom is 0.0843 e. The van der Waals surface area contributed by atoms with Crippen LogP contribution in [0.1, 0.15) is 6.42 Å². The third-order valence-corrected chi connectivity index (χ3v) is 4.26. The molecule has 10 heavy (non-hydrogen) atoms. The van der Waals surface area contributed by atoms with E-state index in [1.807, 2.05) is 0 Å². The van der Waals surface area contributed by atoms with E-state index in [-0.39, 0.29) is 0 Å². The second-order valence-corrected chi connectivity index (χ2v) is 9.22. The predicted octanol–water partition coefficient (Wildman–Crippen LogP) is 2.21. The lowest BCUT2D eigenvalue weighted by atomic mass is 10.3. The first kappa shape index (κ1) is 8.02. The molecule has 0 N–H and O–H groups in total. The number of hydrogen-bond donors (Lipinski definition) is 0. The lowest BCUT2D eigenvalue weighted by Crippen LogP contribution is -2.24. The van der Waals surface area contributed by atoms with Gasteiger partial charge < -0.3 is 4.74 Å². The Morgan fingerprint density at radius 1 is 1.60 bits per heavy atom. The molecule has 58 valence electrons. The maximum absolute atomic E-state index is 5.14. The summed E-state index contributed by atoms with van der Waals surface area (Å²) in [5, 5.41) is 1.44. The quantitative estimate of drug-likeness (QED) is 0.451. The average Bonchev–Trinajstić information content (AvgIpc) is 2.47. The van der Waals surface area contributed by atoms with Crippen molar-refractivity contribution in [1.82, 2.24) is 0 Å². The molecule has 0 aromatic heterocycles. The Morgan fingerprint density at radius 3 is 2.40 bits per heavy atom. The summed E-state index contributed by atoms with van der Waals surface area (Å²) in [7, 11) is -1.06. The Morgan fingerprint density at radius 2 is 2.10 bits per heavy atom. The van der Waals surface area contributed by atoms with Crippen molar-refractivity contribution < 1.29 is 4.74 Å². The molecule has 1 fully saturated rings. The van der Waals surface area contributed by atoms with Gasteiger partial charge >= 0.3 is 0 Å². The molecule has 1 heterocycles. The smallest absolute Gasteiger partial charge is 0.0843 e. The van der Waals surface area contributed by atoms with Crippen LogP contribution in [0.15, 0.2) is 11.8 Å². The van der Waals surface area contributed by atoms with Gasteiger partial charge in [0.2, 0.25) is 0 Å². The van der Waals surface area contributed by atoms with Crippen molar-refractivity contribution in [1.29, 1.82) is 0 Å². The minimum atomic E-state index is -1.06. The van der Waals surface area contributed by atoms with E-state index >= 15 is 0 Å². The summed E-state index contributed by atoms with van der Waals surface area (Å²) in [5.41, 5.74) is 0. The fourth-order valence-electron chi connectivity index (χ4n) is 0.767. The van der Waals surface area contributed by atoms with Crippen molar-refractivity contribution in [3.8, 4) is 0 Å². The van der Waals surface area contributed by atoms with Crippen LogP contribution in [-0.4, -0.2) is 20.8 Å². The van der Waals surface area contributed by atoms with Gasteiger partial charge in [-0.3, -0.25) is 0 Å². The molecule has 0 saturated carbocycles. The largest absolute Gasteiger partial charge is 0.373 e. The van der Waals surface area contributed by atoms with Crippen LogP contribution in [0.3, 0.4) is 0 Å². The summed E-state index contributed by atoms with van der Waals surface area (Å²) in [6.07, 6.45) is 1.63. The topological polar surface area (TPSA) is 12.5 Å². The molecule has 1 saturated heterocycles. The van der Waals surface area contributed by atoms with E-state index in [2.05, 4.69) is 26.2 Å². The molecule has 0 spiro atoms. The highest BCUT2D eigenvalue weighted by Crippen LogP contribution is 2.24. The van der Waals surface area contributed by atoms with Crippen LogP contribution in [0.2, 0.25) is 19.6 Å². The highest BCUT2D eigenvalue weighted by molar-refractivity contribution is 6.82. The normalized spacial score (nSPS) is 24.5. The van der Waals surface area contributed by atoms with Crippen LogP contribution in [0.25, 0.3) is 0 Å². The van der Waals surface area contributed by atoms with E-state index in [1.54, 1.807) is 0 Å². The number of rotatable bonds is 3. The average molecular weight is 156 g/mol. The Balaban J connectivity index is 2.32. The number of hydrogen-bond acceptors (Lipinski definition) is 1. The first-order valence-corrected chi connectivity index (χ1v) is 7.30. The van der Waals surface area contributed by atoms with Crippen molar-refractivity contribution in [2.45, 2.75) is 32.2 Å². The Kier molecular flexibility index (Phi) is 2.01. The van der Waals surface area contributed by atoms with Crippen LogP contribution >= 0.6 is 0 Å². The van der Waals surface area contributed by atoms with E-state index in [0.717, 1.165) is 13.0 Å². The predicted molar refractivity (Wildman–Crippen MR) is 46.8 cm³/mol. The summed E-state index contributed by atoms with van der Waals surface area (Å²) in [6.45, 7) is 12.0. The molecule has 0 aromatic carbocycles. The maximum atomic E-state index is 5.14. The zero-order valence-corrected chi connectivity index (χ0v) is 8.11. The third kappa shape index (κ3) is 2.27. The zero-order valence-electron chi connectivity index (χ0n) is 7.11. The molecule has 0 unspecified atom stereocenters. The lowest BCUT2D eigenvalue weighted by Gasteiger charge is -2.18. The number of ether oxygens (including phenoxy) is 1. The first-order chi connectivity index (χ1) is 4.50. The molecule has 0 aliphatic carbocycles. The van der Waals surface area contributed by atoms with Gasteiger partial charge in [-0.1, -0.05) is 24.8 Å². The molecule has 0 aromatic rings. The molecule has 2 heteroatoms. The second-order valence-electron chi connectivity index (χ2n) is 4.01. The van der Waals surface area contributed by atoms with Gasteiger partial charge in [-0.2, -0.15) is 0 Å². The standard InChI is InChI=1S/C8H16OSi/c1-7(10(2,3)4)5-8-6-9-8/h8H,1,5-6H2,2-4H3/t8-/m0/s1. The van der Waals surface area contributed by atoms with Crippen LogP contribution < -0.4 is 0 Å². The Labute approximate surface area is 64.1 Å². The van der Waals surface area contributed by atoms with Gasteiger partial charge in [0.1, 0.15) is 0 Å². The van der Waals surface area contributed by atoms with Crippen LogP contribution in [0.4, 0.5) is 0 Å². The fraction of sp³-hybridized carbons (Fsp3) is 0.750. The summed E-state index contributed by atoms with van der Waals surface area (Å²) >= 11 is 0. The molecular formula is C8H16OSi. The third-order valence-electron chi connectivity index (χ3n) is 1.94. The molecule has 1 rings (SSSR count). The van der Waals surface area contributed by atoms with E-state index in [0.29, 0.717) is 6.10 Å². The molecule has 1 atom stereocenters. The fourth-order valence-corrected chi connectivity index (χ4v) is 1.61. The zero-order chi connectivity index (χ0) is 7.78. The minimum Gasteiger partial charge on any atom is -0.373 e. The molecule has 0 amide bonds. The van der Waals surface area contributed by atoms with E-state index < -0.39 is 8.07 Å². The molecule has 0 radical (unpaired) electrons. The molecule has 1 aliphatic heterocycles. The van der Waals surface area contributed by atoms with Crippen molar-refractivity contribution in [2.24, 2.45) is 0 Å². The Hall–Kier alpha value is -0.0831. The summed E-state index contributed by atoms with van der Waals surface area (Å²) in [4.78, 5) is 0.